The summed E-state index contributed by atoms with van der Waals surface area (Å²) in [6.45, 7) is 3.89. The second-order valence-corrected chi connectivity index (χ2v) is 12.1. The fraction of sp³-hybridized carbons (Fsp3) is 0.147. The van der Waals surface area contributed by atoms with E-state index in [9.17, 15) is 18.3 Å². The molecule has 9 heteroatoms. The van der Waals surface area contributed by atoms with Crippen LogP contribution in [0.4, 0.5) is 0 Å². The highest BCUT2D eigenvalue weighted by Crippen LogP contribution is 2.37. The van der Waals surface area contributed by atoms with Gasteiger partial charge in [0.2, 0.25) is 10.0 Å². The zero-order chi connectivity index (χ0) is 30.4. The van der Waals surface area contributed by atoms with Gasteiger partial charge in [0.1, 0.15) is 5.75 Å². The number of aromatic carboxylic acids is 1. The van der Waals surface area contributed by atoms with Gasteiger partial charge in [-0.25, -0.2) is 17.9 Å². The normalized spacial score (nSPS) is 11.6. The van der Waals surface area contributed by atoms with Crippen molar-refractivity contribution in [2.45, 2.75) is 18.9 Å². The third-order valence-electron chi connectivity index (χ3n) is 7.28. The quantitative estimate of drug-likeness (QED) is 0.151. The van der Waals surface area contributed by atoms with Crippen LogP contribution in [0.1, 0.15) is 38.8 Å². The molecule has 5 aromatic rings. The molecule has 0 amide bonds. The van der Waals surface area contributed by atoms with E-state index in [-0.39, 0.29) is 18.2 Å². The number of sulfonamides is 1. The van der Waals surface area contributed by atoms with Gasteiger partial charge in [0.25, 0.3) is 0 Å². The molecule has 0 unspecified atom stereocenters. The lowest BCUT2D eigenvalue weighted by molar-refractivity contribution is 0.0697. The number of carboxylic acids is 1. The summed E-state index contributed by atoms with van der Waals surface area (Å²) in [7, 11) is -3.62. The summed E-state index contributed by atoms with van der Waals surface area (Å²) >= 11 is 6.53. The molecule has 220 valence electrons. The highest BCUT2D eigenvalue weighted by atomic mass is 35.5. The molecule has 0 saturated carbocycles. The Kier molecular flexibility index (Phi) is 9.31. The Morgan fingerprint density at radius 1 is 0.930 bits per heavy atom. The number of hydrogen-bond acceptors (Lipinski definition) is 4. The topological polar surface area (TPSA) is 97.6 Å². The minimum Gasteiger partial charge on any atom is -0.493 e. The van der Waals surface area contributed by atoms with Crippen LogP contribution in [0.3, 0.4) is 0 Å². The number of rotatable bonds is 13. The summed E-state index contributed by atoms with van der Waals surface area (Å²) in [6.07, 6.45) is 0.905. The largest absolute Gasteiger partial charge is 0.493 e. The monoisotopic (exact) mass is 614 g/mol. The standard InChI is InChI=1S/C34H31ClN2O5S/c1-2-43(40,41)36-21-19-32-29(20-22-42-28-16-13-26(14-17-28)34(38)39)30-23-27(35)15-18-31(30)37(32)33(24-9-5-3-6-10-24)25-11-7-4-8-12-25/h2-18,23,33,36H,1,19-22H2,(H,38,39). The van der Waals surface area contributed by atoms with Crippen LogP contribution in [-0.4, -0.2) is 37.2 Å². The molecule has 0 radical (unpaired) electrons. The lowest BCUT2D eigenvalue weighted by Crippen LogP contribution is -2.25. The SMILES string of the molecule is C=CS(=O)(=O)NCCc1c(CCOc2ccc(C(=O)O)cc2)c2cc(Cl)ccc2n1C(c1ccccc1)c1ccccc1. The molecule has 1 heterocycles. The van der Waals surface area contributed by atoms with E-state index in [1.165, 1.54) is 12.1 Å². The van der Waals surface area contributed by atoms with E-state index >= 15 is 0 Å². The number of ether oxygens (including phenoxy) is 1. The van der Waals surface area contributed by atoms with Gasteiger partial charge in [-0.3, -0.25) is 0 Å². The van der Waals surface area contributed by atoms with Crippen LogP contribution < -0.4 is 9.46 Å². The summed E-state index contributed by atoms with van der Waals surface area (Å²) in [4.78, 5) is 11.2. The second kappa shape index (κ2) is 13.3. The Labute approximate surface area is 256 Å². The Balaban J connectivity index is 1.62. The average molecular weight is 615 g/mol. The fourth-order valence-corrected chi connectivity index (χ4v) is 6.02. The van der Waals surface area contributed by atoms with Crippen molar-refractivity contribution in [3.8, 4) is 5.75 Å². The van der Waals surface area contributed by atoms with Crippen LogP contribution >= 0.6 is 11.6 Å². The zero-order valence-corrected chi connectivity index (χ0v) is 24.9. The summed E-state index contributed by atoms with van der Waals surface area (Å²) < 4.78 is 35.4. The van der Waals surface area contributed by atoms with Crippen molar-refractivity contribution in [1.29, 1.82) is 0 Å². The molecule has 0 bridgehead atoms. The first-order valence-electron chi connectivity index (χ1n) is 13.8. The first-order chi connectivity index (χ1) is 20.8. The summed E-state index contributed by atoms with van der Waals surface area (Å²) in [5.74, 6) is -0.446. The van der Waals surface area contributed by atoms with E-state index in [1.54, 1.807) is 12.1 Å². The van der Waals surface area contributed by atoms with Crippen LogP contribution in [0.25, 0.3) is 10.9 Å². The number of nitrogens with zero attached hydrogens (tertiary/aromatic N) is 1. The maximum atomic E-state index is 12.2. The predicted molar refractivity (Wildman–Crippen MR) is 170 cm³/mol. The summed E-state index contributed by atoms with van der Waals surface area (Å²) in [6, 6.07) is 32.3. The molecular weight excluding hydrogens is 584 g/mol. The van der Waals surface area contributed by atoms with E-state index in [2.05, 4.69) is 40.1 Å². The number of benzene rings is 4. The molecule has 7 nitrogen and oxygen atoms in total. The highest BCUT2D eigenvalue weighted by Gasteiger charge is 2.25. The summed E-state index contributed by atoms with van der Waals surface area (Å²) in [5, 5.41) is 11.7. The van der Waals surface area contributed by atoms with Gasteiger partial charge in [-0.05, 0) is 59.2 Å². The van der Waals surface area contributed by atoms with Gasteiger partial charge in [-0.1, -0.05) is 78.8 Å². The van der Waals surface area contributed by atoms with Crippen LogP contribution in [0.5, 0.6) is 5.75 Å². The number of hydrogen-bond donors (Lipinski definition) is 2. The molecule has 43 heavy (non-hydrogen) atoms. The molecule has 0 saturated heterocycles. The van der Waals surface area contributed by atoms with Crippen LogP contribution in [0, 0.1) is 0 Å². The molecule has 0 aliphatic carbocycles. The van der Waals surface area contributed by atoms with Gasteiger partial charge in [-0.15, -0.1) is 0 Å². The van der Waals surface area contributed by atoms with E-state index in [0.29, 0.717) is 30.2 Å². The molecule has 1 aromatic heterocycles. The molecule has 0 atom stereocenters. The van der Waals surface area contributed by atoms with Gasteiger partial charge >= 0.3 is 5.97 Å². The lowest BCUT2D eigenvalue weighted by Gasteiger charge is -2.25. The molecule has 4 aromatic carbocycles. The lowest BCUT2D eigenvalue weighted by atomic mass is 9.97. The van der Waals surface area contributed by atoms with Crippen LogP contribution in [-0.2, 0) is 22.9 Å². The van der Waals surface area contributed by atoms with E-state index in [4.69, 9.17) is 16.3 Å². The zero-order valence-electron chi connectivity index (χ0n) is 23.3. The van der Waals surface area contributed by atoms with Crippen molar-refractivity contribution < 1.29 is 23.1 Å². The van der Waals surface area contributed by atoms with Crippen molar-refractivity contribution in [2.24, 2.45) is 0 Å². The number of nitrogens with one attached hydrogen (secondary N) is 1. The first kappa shape index (κ1) is 30.1. The van der Waals surface area contributed by atoms with Gasteiger partial charge < -0.3 is 14.4 Å². The van der Waals surface area contributed by atoms with Crippen molar-refractivity contribution in [2.75, 3.05) is 13.2 Å². The smallest absolute Gasteiger partial charge is 0.335 e. The molecule has 0 spiro atoms. The van der Waals surface area contributed by atoms with Gasteiger partial charge in [-0.2, -0.15) is 0 Å². The predicted octanol–water partition coefficient (Wildman–Crippen LogP) is 6.86. The Hall–Kier alpha value is -4.37. The van der Waals surface area contributed by atoms with Gasteiger partial charge in [0, 0.05) is 46.4 Å². The number of carbonyl (C=O) groups is 1. The molecule has 0 aliphatic rings. The van der Waals surface area contributed by atoms with Crippen LogP contribution in [0.2, 0.25) is 5.02 Å². The van der Waals surface area contributed by atoms with Crippen molar-refractivity contribution in [3.63, 3.8) is 0 Å². The third kappa shape index (κ3) is 7.00. The Morgan fingerprint density at radius 3 is 2.14 bits per heavy atom. The van der Waals surface area contributed by atoms with E-state index in [1.807, 2.05) is 54.6 Å². The molecule has 2 N–H and O–H groups in total. The summed E-state index contributed by atoms with van der Waals surface area (Å²) in [5.41, 5.74) is 5.25. The fourth-order valence-electron chi connectivity index (χ4n) is 5.35. The minimum absolute atomic E-state index is 0.166. The number of aromatic nitrogens is 1. The third-order valence-corrected chi connectivity index (χ3v) is 8.56. The van der Waals surface area contributed by atoms with Gasteiger partial charge in [0.15, 0.2) is 0 Å². The minimum atomic E-state index is -3.62. The number of fused-ring (bicyclic) bond motifs is 1. The number of halogens is 1. The van der Waals surface area contributed by atoms with E-state index < -0.39 is 16.0 Å². The Bertz CT molecular complexity index is 1800. The van der Waals surface area contributed by atoms with Crippen molar-refractivity contribution in [1.82, 2.24) is 9.29 Å². The second-order valence-electron chi connectivity index (χ2n) is 9.96. The Morgan fingerprint density at radius 2 is 1.56 bits per heavy atom. The average Bonchev–Trinajstić information content (AvgIpc) is 3.30. The van der Waals surface area contributed by atoms with E-state index in [0.717, 1.165) is 38.7 Å². The number of carboxylic acid groups (broad SMARTS) is 1. The van der Waals surface area contributed by atoms with Crippen molar-refractivity contribution in [3.05, 3.63) is 148 Å². The maximum absolute atomic E-state index is 12.2. The molecule has 0 aliphatic heterocycles. The molecule has 0 fully saturated rings. The molecule has 5 rings (SSSR count). The highest BCUT2D eigenvalue weighted by molar-refractivity contribution is 7.92. The molecular formula is C34H31ClN2O5S. The van der Waals surface area contributed by atoms with Crippen LogP contribution in [0.15, 0.2) is 115 Å². The first-order valence-corrected chi connectivity index (χ1v) is 15.7. The van der Waals surface area contributed by atoms with Crippen molar-refractivity contribution >= 4 is 38.5 Å². The van der Waals surface area contributed by atoms with Gasteiger partial charge in [0.05, 0.1) is 18.2 Å². The maximum Gasteiger partial charge on any atom is 0.335 e.